The first-order valence-electron chi connectivity index (χ1n) is 6.23. The molecule has 0 radical (unpaired) electrons. The molecular weight excluding hydrogens is 330 g/mol. The molecule has 0 heterocycles. The molecule has 1 rings (SSSR count). The molecule has 1 aromatic carbocycles. The van der Waals surface area contributed by atoms with Crippen LogP contribution >= 0.6 is 23.2 Å². The fourth-order valence-electron chi connectivity index (χ4n) is 1.61. The third-order valence-electron chi connectivity index (χ3n) is 2.64. The lowest BCUT2D eigenvalue weighted by molar-refractivity contribution is -0.186. The predicted octanol–water partition coefficient (Wildman–Crippen LogP) is 4.19. The van der Waals surface area contributed by atoms with Gasteiger partial charge in [0, 0.05) is 11.1 Å². The Balaban J connectivity index is 2.75. The minimum Gasteiger partial charge on any atom is -0.466 e. The third-order valence-corrected chi connectivity index (χ3v) is 3.14. The largest absolute Gasteiger partial charge is 0.466 e. The molecular formula is C13H16Cl2F3NO2. The van der Waals surface area contributed by atoms with Gasteiger partial charge in [-0.3, -0.25) is 0 Å². The number of ether oxygens (including phenoxy) is 2. The zero-order valence-corrected chi connectivity index (χ0v) is 12.9. The lowest BCUT2D eigenvalue weighted by Crippen LogP contribution is -2.22. The number of hydrogen-bond acceptors (Lipinski definition) is 3. The average Bonchev–Trinajstić information content (AvgIpc) is 2.35. The molecule has 0 bridgehead atoms. The van der Waals surface area contributed by atoms with Crippen molar-refractivity contribution >= 4 is 23.2 Å². The van der Waals surface area contributed by atoms with Gasteiger partial charge in [-0.2, -0.15) is 13.2 Å². The highest BCUT2D eigenvalue weighted by molar-refractivity contribution is 6.35. The van der Waals surface area contributed by atoms with E-state index in [2.05, 4.69) is 4.74 Å². The molecule has 0 saturated carbocycles. The van der Waals surface area contributed by atoms with Gasteiger partial charge in [-0.05, 0) is 30.5 Å². The topological polar surface area (TPSA) is 44.5 Å². The van der Waals surface area contributed by atoms with Crippen molar-refractivity contribution in [3.63, 3.8) is 0 Å². The first-order valence-corrected chi connectivity index (χ1v) is 6.99. The van der Waals surface area contributed by atoms with E-state index in [4.69, 9.17) is 33.7 Å². The van der Waals surface area contributed by atoms with Crippen molar-refractivity contribution < 1.29 is 22.6 Å². The van der Waals surface area contributed by atoms with Gasteiger partial charge >= 0.3 is 6.18 Å². The summed E-state index contributed by atoms with van der Waals surface area (Å²) in [5.41, 5.74) is 6.50. The fraction of sp³-hybridized carbons (Fsp3) is 0.538. The summed E-state index contributed by atoms with van der Waals surface area (Å²) in [6.07, 6.45) is -3.22. The quantitative estimate of drug-likeness (QED) is 0.595. The standard InChI is InChI=1S/C13H16Cl2F3NO2/c1-2-10(19)4-8-3-9(14)5-11(15)12(8)21-7-20-6-13(16,17)18/h3,5,10H,2,4,6-7,19H2,1H3. The van der Waals surface area contributed by atoms with Crippen LogP contribution in [0, 0.1) is 0 Å². The van der Waals surface area contributed by atoms with E-state index in [0.717, 1.165) is 6.42 Å². The Morgan fingerprint density at radius 2 is 1.95 bits per heavy atom. The maximum atomic E-state index is 12.0. The van der Waals surface area contributed by atoms with Crippen LogP contribution in [0.25, 0.3) is 0 Å². The van der Waals surface area contributed by atoms with Crippen molar-refractivity contribution in [2.45, 2.75) is 32.0 Å². The van der Waals surface area contributed by atoms with E-state index in [-0.39, 0.29) is 16.8 Å². The molecule has 0 aliphatic carbocycles. The van der Waals surface area contributed by atoms with Crippen LogP contribution < -0.4 is 10.5 Å². The van der Waals surface area contributed by atoms with Gasteiger partial charge in [0.05, 0.1) is 5.02 Å². The van der Waals surface area contributed by atoms with Crippen molar-refractivity contribution in [2.24, 2.45) is 5.73 Å². The first kappa shape index (κ1) is 18.4. The molecule has 1 aromatic rings. The molecule has 8 heteroatoms. The van der Waals surface area contributed by atoms with Gasteiger partial charge in [0.2, 0.25) is 0 Å². The molecule has 2 N–H and O–H groups in total. The highest BCUT2D eigenvalue weighted by atomic mass is 35.5. The highest BCUT2D eigenvalue weighted by Crippen LogP contribution is 2.33. The van der Waals surface area contributed by atoms with Crippen LogP contribution in [0.15, 0.2) is 12.1 Å². The third kappa shape index (κ3) is 6.74. The molecule has 1 atom stereocenters. The maximum Gasteiger partial charge on any atom is 0.411 e. The van der Waals surface area contributed by atoms with Gasteiger partial charge in [0.15, 0.2) is 6.79 Å². The van der Waals surface area contributed by atoms with Gasteiger partial charge in [-0.15, -0.1) is 0 Å². The molecule has 1 unspecified atom stereocenters. The van der Waals surface area contributed by atoms with Crippen LogP contribution in [0.1, 0.15) is 18.9 Å². The van der Waals surface area contributed by atoms with E-state index in [1.165, 1.54) is 6.07 Å². The molecule has 120 valence electrons. The Bertz CT molecular complexity index is 469. The summed E-state index contributed by atoms with van der Waals surface area (Å²) in [6.45, 7) is -0.0268. The zero-order chi connectivity index (χ0) is 16.0. The second-order valence-electron chi connectivity index (χ2n) is 4.47. The van der Waals surface area contributed by atoms with Crippen molar-refractivity contribution in [3.8, 4) is 5.75 Å². The number of benzene rings is 1. The van der Waals surface area contributed by atoms with Gasteiger partial charge < -0.3 is 15.2 Å². The van der Waals surface area contributed by atoms with Crippen molar-refractivity contribution in [1.29, 1.82) is 0 Å². The molecule has 21 heavy (non-hydrogen) atoms. The minimum atomic E-state index is -4.40. The molecule has 0 spiro atoms. The minimum absolute atomic E-state index is 0.127. The van der Waals surface area contributed by atoms with E-state index in [9.17, 15) is 13.2 Å². The Morgan fingerprint density at radius 3 is 2.52 bits per heavy atom. The molecule has 0 fully saturated rings. The lowest BCUT2D eigenvalue weighted by atomic mass is 10.0. The fourth-order valence-corrected chi connectivity index (χ4v) is 2.20. The number of hydrogen-bond donors (Lipinski definition) is 1. The molecule has 0 aliphatic rings. The van der Waals surface area contributed by atoms with Gasteiger partial charge in [0.1, 0.15) is 12.4 Å². The molecule has 0 saturated heterocycles. The second kappa shape index (κ2) is 8.08. The van der Waals surface area contributed by atoms with Crippen LogP contribution in [-0.2, 0) is 11.2 Å². The molecule has 3 nitrogen and oxygen atoms in total. The molecule has 0 amide bonds. The summed E-state index contributed by atoms with van der Waals surface area (Å²) in [7, 11) is 0. The second-order valence-corrected chi connectivity index (χ2v) is 5.32. The van der Waals surface area contributed by atoms with Crippen molar-refractivity contribution in [1.82, 2.24) is 0 Å². The van der Waals surface area contributed by atoms with E-state index in [1.54, 1.807) is 6.07 Å². The summed E-state index contributed by atoms with van der Waals surface area (Å²) < 4.78 is 45.5. The maximum absolute atomic E-state index is 12.0. The number of alkyl halides is 3. The first-order chi connectivity index (χ1) is 9.73. The van der Waals surface area contributed by atoms with Crippen molar-refractivity contribution in [2.75, 3.05) is 13.4 Å². The van der Waals surface area contributed by atoms with Gasteiger partial charge in [-0.25, -0.2) is 0 Å². The number of rotatable bonds is 7. The summed E-state index contributed by atoms with van der Waals surface area (Å²) in [5, 5.41) is 0.610. The van der Waals surface area contributed by atoms with Crippen molar-refractivity contribution in [3.05, 3.63) is 27.7 Å². The average molecular weight is 346 g/mol. The van der Waals surface area contributed by atoms with Gasteiger partial charge in [-0.1, -0.05) is 30.1 Å². The van der Waals surface area contributed by atoms with Crippen LogP contribution in [0.3, 0.4) is 0 Å². The van der Waals surface area contributed by atoms with E-state index >= 15 is 0 Å². The zero-order valence-electron chi connectivity index (χ0n) is 11.3. The van der Waals surface area contributed by atoms with Gasteiger partial charge in [0.25, 0.3) is 0 Å². The normalized spacial score (nSPS) is 13.3. The Kier molecular flexibility index (Phi) is 7.06. The Hall–Kier alpha value is -0.690. The smallest absolute Gasteiger partial charge is 0.411 e. The Morgan fingerprint density at radius 1 is 1.29 bits per heavy atom. The summed E-state index contributed by atoms with van der Waals surface area (Å²) >= 11 is 11.9. The summed E-state index contributed by atoms with van der Waals surface area (Å²) in [6, 6.07) is 2.95. The number of halogens is 5. The van der Waals surface area contributed by atoms with Crippen LogP contribution in [0.5, 0.6) is 5.75 Å². The lowest BCUT2D eigenvalue weighted by Gasteiger charge is -2.16. The monoisotopic (exact) mass is 345 g/mol. The predicted molar refractivity (Wildman–Crippen MR) is 75.9 cm³/mol. The number of nitrogens with two attached hydrogens (primary N) is 1. The van der Waals surface area contributed by atoms with Crippen LogP contribution in [0.2, 0.25) is 10.0 Å². The highest BCUT2D eigenvalue weighted by Gasteiger charge is 2.27. The molecule has 0 aromatic heterocycles. The van der Waals surface area contributed by atoms with E-state index < -0.39 is 19.6 Å². The van der Waals surface area contributed by atoms with E-state index in [1.807, 2.05) is 6.92 Å². The van der Waals surface area contributed by atoms with Crippen LogP contribution in [-0.4, -0.2) is 25.6 Å². The Labute approximate surface area is 131 Å². The molecule has 0 aliphatic heterocycles. The van der Waals surface area contributed by atoms with E-state index in [0.29, 0.717) is 17.0 Å². The van der Waals surface area contributed by atoms with Crippen LogP contribution in [0.4, 0.5) is 13.2 Å². The summed E-state index contributed by atoms with van der Waals surface area (Å²) in [5.74, 6) is 0.243. The summed E-state index contributed by atoms with van der Waals surface area (Å²) in [4.78, 5) is 0. The SMILES string of the molecule is CCC(N)Cc1cc(Cl)cc(Cl)c1OCOCC(F)(F)F.